The summed E-state index contributed by atoms with van der Waals surface area (Å²) in [5.74, 6) is 5.26. The number of nitrogens with zero attached hydrogens (tertiary/aromatic N) is 2. The molecule has 2 N–H and O–H groups in total. The summed E-state index contributed by atoms with van der Waals surface area (Å²) in [6, 6.07) is 13.1. The number of hydrogen-bond donors (Lipinski definition) is 2. The predicted octanol–water partition coefficient (Wildman–Crippen LogP) is 4.32. The molecule has 0 aliphatic heterocycles. The van der Waals surface area contributed by atoms with Crippen molar-refractivity contribution in [2.75, 3.05) is 16.5 Å². The third kappa shape index (κ3) is 4.47. The highest BCUT2D eigenvalue weighted by Gasteiger charge is 2.07. The highest BCUT2D eigenvalue weighted by Crippen LogP contribution is 2.26. The Balaban J connectivity index is 1.93. The van der Waals surface area contributed by atoms with Crippen molar-refractivity contribution < 1.29 is 4.79 Å². The molecule has 0 unspecified atom stereocenters. The molecule has 124 valence electrons. The van der Waals surface area contributed by atoms with E-state index in [0.717, 1.165) is 21.1 Å². The Labute approximate surface area is 158 Å². The number of aromatic nitrogens is 2. The Hall–Kier alpha value is -2.62. The average Bonchev–Trinajstić information content (AvgIpc) is 2.60. The number of hydrogen-bond acceptors (Lipinski definition) is 4. The number of carbonyl (C=O) groups is 1. The number of carbonyl (C=O) groups excluding carboxylic acids is 1. The second-order valence-corrected chi connectivity index (χ2v) is 6.16. The number of nitrogens with one attached hydrogen (secondary N) is 2. The smallest absolute Gasteiger partial charge is 0.300 e. The van der Waals surface area contributed by atoms with Gasteiger partial charge in [0.1, 0.15) is 12.1 Å². The minimum absolute atomic E-state index is 0.111. The first kappa shape index (κ1) is 17.2. The molecule has 1 aromatic heterocycles. The Morgan fingerprint density at radius 3 is 2.84 bits per heavy atom. The zero-order valence-corrected chi connectivity index (χ0v) is 15.2. The van der Waals surface area contributed by atoms with E-state index in [9.17, 15) is 4.79 Å². The van der Waals surface area contributed by atoms with Crippen molar-refractivity contribution in [2.24, 2.45) is 0 Å². The van der Waals surface area contributed by atoms with Crippen molar-refractivity contribution >= 4 is 61.5 Å². The van der Waals surface area contributed by atoms with Crippen LogP contribution >= 0.6 is 27.5 Å². The molecule has 2 aromatic carbocycles. The van der Waals surface area contributed by atoms with Crippen molar-refractivity contribution in [3.63, 3.8) is 0 Å². The number of halogens is 2. The summed E-state index contributed by atoms with van der Waals surface area (Å²) in [6.07, 6.45) is 1.49. The number of amides is 1. The second-order valence-electron chi connectivity index (χ2n) is 4.98. The number of alkyl halides is 1. The van der Waals surface area contributed by atoms with Crippen molar-refractivity contribution in [1.82, 2.24) is 9.97 Å². The monoisotopic (exact) mass is 414 g/mol. The van der Waals surface area contributed by atoms with Crippen LogP contribution in [0, 0.1) is 11.8 Å². The lowest BCUT2D eigenvalue weighted by molar-refractivity contribution is -0.111. The molecule has 0 saturated carbocycles. The van der Waals surface area contributed by atoms with Gasteiger partial charge in [0.25, 0.3) is 5.91 Å². The van der Waals surface area contributed by atoms with Crippen LogP contribution in [0.4, 0.5) is 17.2 Å². The van der Waals surface area contributed by atoms with Crippen LogP contribution in [-0.4, -0.2) is 21.8 Å². The van der Waals surface area contributed by atoms with Gasteiger partial charge in [0.15, 0.2) is 0 Å². The molecule has 0 bridgehead atoms. The highest BCUT2D eigenvalue weighted by molar-refractivity contribution is 9.10. The van der Waals surface area contributed by atoms with Crippen LogP contribution in [0.5, 0.6) is 0 Å². The molecule has 0 aliphatic carbocycles. The molecule has 0 fully saturated rings. The van der Waals surface area contributed by atoms with Gasteiger partial charge in [-0.1, -0.05) is 27.9 Å². The number of benzene rings is 2. The van der Waals surface area contributed by atoms with Gasteiger partial charge in [-0.05, 0) is 42.3 Å². The van der Waals surface area contributed by atoms with Gasteiger partial charge in [-0.25, -0.2) is 9.97 Å². The largest absolute Gasteiger partial charge is 0.340 e. The second kappa shape index (κ2) is 7.97. The van der Waals surface area contributed by atoms with Crippen molar-refractivity contribution in [1.29, 1.82) is 0 Å². The van der Waals surface area contributed by atoms with Crippen molar-refractivity contribution in [3.8, 4) is 11.8 Å². The Kier molecular flexibility index (Phi) is 5.49. The summed E-state index contributed by atoms with van der Waals surface area (Å²) in [5.41, 5.74) is 2.25. The fourth-order valence-electron chi connectivity index (χ4n) is 2.21. The first-order valence-electron chi connectivity index (χ1n) is 7.29. The Morgan fingerprint density at radius 2 is 2.04 bits per heavy atom. The SMILES string of the molecule is O=C(C#CCCl)Nc1ccc2ncnc(Nc3cccc(Br)c3)c2c1. The first-order chi connectivity index (χ1) is 12.2. The summed E-state index contributed by atoms with van der Waals surface area (Å²) >= 11 is 8.90. The van der Waals surface area contributed by atoms with E-state index in [4.69, 9.17) is 11.6 Å². The van der Waals surface area contributed by atoms with E-state index < -0.39 is 5.91 Å². The lowest BCUT2D eigenvalue weighted by Gasteiger charge is -2.10. The van der Waals surface area contributed by atoms with Crippen molar-refractivity contribution in [3.05, 3.63) is 53.3 Å². The van der Waals surface area contributed by atoms with E-state index in [2.05, 4.69) is 48.4 Å². The van der Waals surface area contributed by atoms with Crippen LogP contribution in [0.15, 0.2) is 53.3 Å². The number of fused-ring (bicyclic) bond motifs is 1. The summed E-state index contributed by atoms with van der Waals surface area (Å²) in [7, 11) is 0. The standard InChI is InChI=1S/C18H12BrClN4O/c19-12-3-1-4-13(9-12)24-18-15-10-14(23-17(25)5-2-8-20)6-7-16(15)21-11-22-18/h1,3-4,6-7,9-11H,8H2,(H,23,25)(H,21,22,24). The van der Waals surface area contributed by atoms with E-state index in [-0.39, 0.29) is 5.88 Å². The summed E-state index contributed by atoms with van der Waals surface area (Å²) in [6.45, 7) is 0. The Bertz CT molecular complexity index is 997. The van der Waals surface area contributed by atoms with Gasteiger partial charge in [0, 0.05) is 21.2 Å². The average molecular weight is 416 g/mol. The quantitative estimate of drug-likeness (QED) is 0.494. The van der Waals surface area contributed by atoms with Gasteiger partial charge < -0.3 is 10.6 Å². The molecule has 0 spiro atoms. The molecular formula is C18H12BrClN4O. The summed E-state index contributed by atoms with van der Waals surface area (Å²) < 4.78 is 0.960. The molecule has 1 amide bonds. The van der Waals surface area contributed by atoms with Crippen LogP contribution < -0.4 is 10.6 Å². The zero-order chi connectivity index (χ0) is 17.6. The minimum Gasteiger partial charge on any atom is -0.340 e. The molecule has 3 rings (SSSR count). The minimum atomic E-state index is -0.418. The molecule has 7 heteroatoms. The number of rotatable bonds is 3. The first-order valence-corrected chi connectivity index (χ1v) is 8.61. The van der Waals surface area contributed by atoms with E-state index in [0.29, 0.717) is 11.5 Å². The maximum Gasteiger partial charge on any atom is 0.300 e. The van der Waals surface area contributed by atoms with Gasteiger partial charge in [-0.15, -0.1) is 11.6 Å². The third-order valence-corrected chi connectivity index (χ3v) is 3.88. The van der Waals surface area contributed by atoms with E-state index in [1.165, 1.54) is 6.33 Å². The normalized spacial score (nSPS) is 10.0. The molecule has 0 radical (unpaired) electrons. The molecule has 5 nitrogen and oxygen atoms in total. The van der Waals surface area contributed by atoms with Gasteiger partial charge >= 0.3 is 0 Å². The van der Waals surface area contributed by atoms with Crippen LogP contribution in [0.25, 0.3) is 10.9 Å². The van der Waals surface area contributed by atoms with E-state index >= 15 is 0 Å². The van der Waals surface area contributed by atoms with Crippen LogP contribution in [0.2, 0.25) is 0 Å². The molecular weight excluding hydrogens is 404 g/mol. The van der Waals surface area contributed by atoms with Gasteiger partial charge in [0.2, 0.25) is 0 Å². The zero-order valence-electron chi connectivity index (χ0n) is 12.9. The van der Waals surface area contributed by atoms with Gasteiger partial charge in [0.05, 0.1) is 11.4 Å². The maximum absolute atomic E-state index is 11.7. The molecule has 1 heterocycles. The Morgan fingerprint density at radius 1 is 1.16 bits per heavy atom. The summed E-state index contributed by atoms with van der Waals surface area (Å²) in [5, 5.41) is 6.75. The topological polar surface area (TPSA) is 66.9 Å². The maximum atomic E-state index is 11.7. The fourth-order valence-corrected chi connectivity index (χ4v) is 2.68. The van der Waals surface area contributed by atoms with Crippen LogP contribution in [0.1, 0.15) is 0 Å². The summed E-state index contributed by atoms with van der Waals surface area (Å²) in [4.78, 5) is 20.3. The molecule has 25 heavy (non-hydrogen) atoms. The third-order valence-electron chi connectivity index (χ3n) is 3.25. The molecule has 3 aromatic rings. The number of anilines is 3. The van der Waals surface area contributed by atoms with E-state index in [1.807, 2.05) is 30.3 Å². The fraction of sp³-hybridized carbons (Fsp3) is 0.0556. The molecule has 0 aliphatic rings. The van der Waals surface area contributed by atoms with Crippen molar-refractivity contribution in [2.45, 2.75) is 0 Å². The molecule has 0 saturated heterocycles. The van der Waals surface area contributed by atoms with Gasteiger partial charge in [-0.3, -0.25) is 4.79 Å². The lowest BCUT2D eigenvalue weighted by Crippen LogP contribution is -2.08. The van der Waals surface area contributed by atoms with Crippen LogP contribution in [0.3, 0.4) is 0 Å². The van der Waals surface area contributed by atoms with E-state index in [1.54, 1.807) is 12.1 Å². The predicted molar refractivity (Wildman–Crippen MR) is 104 cm³/mol. The highest BCUT2D eigenvalue weighted by atomic mass is 79.9. The van der Waals surface area contributed by atoms with Gasteiger partial charge in [-0.2, -0.15) is 0 Å². The lowest BCUT2D eigenvalue weighted by atomic mass is 10.2. The molecule has 0 atom stereocenters. The van der Waals surface area contributed by atoms with Crippen LogP contribution in [-0.2, 0) is 4.79 Å².